The van der Waals surface area contributed by atoms with Crippen LogP contribution in [0.2, 0.25) is 0 Å². The molecule has 0 radical (unpaired) electrons. The SMILES string of the molecule is Cn1c(=O)n(CCCOC=O)c(=O)c2c(Cc3ccccc3)c(-c3cccc(OC(F)(F)F)c3)ncc21. The van der Waals surface area contributed by atoms with Gasteiger partial charge in [0.2, 0.25) is 0 Å². The summed E-state index contributed by atoms with van der Waals surface area (Å²) in [5, 5.41) is 0.217. The highest BCUT2D eigenvalue weighted by molar-refractivity contribution is 5.87. The largest absolute Gasteiger partial charge is 0.573 e. The molecule has 2 aromatic heterocycles. The van der Waals surface area contributed by atoms with Crippen LogP contribution >= 0.6 is 0 Å². The second-order valence-electron chi connectivity index (χ2n) is 8.20. The molecule has 0 bridgehead atoms. The van der Waals surface area contributed by atoms with E-state index in [9.17, 15) is 27.6 Å². The Kier molecular flexibility index (Phi) is 7.42. The van der Waals surface area contributed by atoms with Crippen molar-refractivity contribution in [2.45, 2.75) is 25.7 Å². The van der Waals surface area contributed by atoms with Crippen LogP contribution < -0.4 is 16.0 Å². The van der Waals surface area contributed by atoms with Crippen LogP contribution in [-0.4, -0.2) is 33.6 Å². The number of aryl methyl sites for hydroxylation is 1. The third-order valence-electron chi connectivity index (χ3n) is 5.77. The molecule has 2 heterocycles. The summed E-state index contributed by atoms with van der Waals surface area (Å²) in [4.78, 5) is 41.5. The quantitative estimate of drug-likeness (QED) is 0.250. The Morgan fingerprint density at radius 1 is 1.05 bits per heavy atom. The highest BCUT2D eigenvalue weighted by atomic mass is 19.4. The van der Waals surface area contributed by atoms with Gasteiger partial charge in [-0.1, -0.05) is 42.5 Å². The summed E-state index contributed by atoms with van der Waals surface area (Å²) < 4.78 is 49.6. The van der Waals surface area contributed by atoms with Crippen LogP contribution in [0, 0.1) is 0 Å². The molecule has 0 fully saturated rings. The summed E-state index contributed by atoms with van der Waals surface area (Å²) in [5.74, 6) is -0.425. The maximum Gasteiger partial charge on any atom is 0.573 e. The van der Waals surface area contributed by atoms with E-state index >= 15 is 0 Å². The fraction of sp³-hybridized carbons (Fsp3) is 0.231. The molecule has 0 aliphatic rings. The summed E-state index contributed by atoms with van der Waals surface area (Å²) in [6, 6.07) is 14.5. The molecule has 8 nitrogen and oxygen atoms in total. The molecular weight excluding hydrogens is 491 g/mol. The van der Waals surface area contributed by atoms with Crippen LogP contribution in [0.3, 0.4) is 0 Å². The van der Waals surface area contributed by atoms with Crippen molar-refractivity contribution in [1.29, 1.82) is 0 Å². The molecule has 0 spiro atoms. The molecule has 4 rings (SSSR count). The molecule has 0 aliphatic heterocycles. The minimum Gasteiger partial charge on any atom is -0.468 e. The molecule has 192 valence electrons. The lowest BCUT2D eigenvalue weighted by molar-refractivity contribution is -0.274. The Labute approximate surface area is 208 Å². The number of fused-ring (bicyclic) bond motifs is 1. The van der Waals surface area contributed by atoms with E-state index in [2.05, 4.69) is 14.5 Å². The number of aromatic nitrogens is 3. The standard InChI is InChI=1S/C26H22F3N3O5/c1-31-21-15-30-23(18-9-5-10-19(14-18)37-26(27,28)29)20(13-17-7-3-2-4-8-17)22(21)24(34)32(25(31)35)11-6-12-36-16-33/h2-5,7-10,14-16H,6,11-13H2,1H3. The first-order valence-corrected chi connectivity index (χ1v) is 11.3. The fourth-order valence-corrected chi connectivity index (χ4v) is 4.15. The van der Waals surface area contributed by atoms with Gasteiger partial charge in [0.1, 0.15) is 5.75 Å². The summed E-state index contributed by atoms with van der Waals surface area (Å²) in [7, 11) is 1.51. The van der Waals surface area contributed by atoms with Gasteiger partial charge in [-0.3, -0.25) is 23.7 Å². The topological polar surface area (TPSA) is 92.4 Å². The average Bonchev–Trinajstić information content (AvgIpc) is 2.86. The lowest BCUT2D eigenvalue weighted by atomic mass is 9.96. The first-order valence-electron chi connectivity index (χ1n) is 11.3. The Morgan fingerprint density at radius 3 is 2.51 bits per heavy atom. The van der Waals surface area contributed by atoms with E-state index in [4.69, 9.17) is 0 Å². The number of rotatable bonds is 9. The van der Waals surface area contributed by atoms with Crippen LogP contribution in [0.1, 0.15) is 17.5 Å². The van der Waals surface area contributed by atoms with Gasteiger partial charge in [-0.15, -0.1) is 13.2 Å². The van der Waals surface area contributed by atoms with E-state index in [1.807, 2.05) is 30.3 Å². The Hall–Kier alpha value is -4.41. The van der Waals surface area contributed by atoms with Gasteiger partial charge in [-0.2, -0.15) is 0 Å². The van der Waals surface area contributed by atoms with E-state index in [-0.39, 0.29) is 49.1 Å². The van der Waals surface area contributed by atoms with E-state index < -0.39 is 23.4 Å². The maximum absolute atomic E-state index is 13.7. The van der Waals surface area contributed by atoms with Crippen molar-refractivity contribution in [3.05, 3.63) is 92.8 Å². The van der Waals surface area contributed by atoms with Crippen LogP contribution in [-0.2, 0) is 29.5 Å². The van der Waals surface area contributed by atoms with Crippen LogP contribution in [0.5, 0.6) is 5.75 Å². The number of ether oxygens (including phenoxy) is 2. The fourth-order valence-electron chi connectivity index (χ4n) is 4.15. The maximum atomic E-state index is 13.7. The Bertz CT molecular complexity index is 1550. The molecule has 0 N–H and O–H groups in total. The number of alkyl halides is 3. The molecule has 0 saturated heterocycles. The van der Waals surface area contributed by atoms with Gasteiger partial charge in [-0.25, -0.2) is 4.79 Å². The normalized spacial score (nSPS) is 11.5. The van der Waals surface area contributed by atoms with Gasteiger partial charge < -0.3 is 9.47 Å². The second-order valence-corrected chi connectivity index (χ2v) is 8.20. The molecule has 0 unspecified atom stereocenters. The van der Waals surface area contributed by atoms with Crippen molar-refractivity contribution in [2.75, 3.05) is 6.61 Å². The lowest BCUT2D eigenvalue weighted by Crippen LogP contribution is -2.40. The van der Waals surface area contributed by atoms with Crippen molar-refractivity contribution in [3.8, 4) is 17.0 Å². The number of benzene rings is 2. The van der Waals surface area contributed by atoms with Crippen LogP contribution in [0.4, 0.5) is 13.2 Å². The summed E-state index contributed by atoms with van der Waals surface area (Å²) >= 11 is 0. The third-order valence-corrected chi connectivity index (χ3v) is 5.77. The molecule has 0 atom stereocenters. The van der Waals surface area contributed by atoms with E-state index in [1.165, 1.54) is 36.0 Å². The molecule has 0 saturated carbocycles. The second kappa shape index (κ2) is 10.7. The number of nitrogens with zero attached hydrogens (tertiary/aromatic N) is 3. The third kappa shape index (κ3) is 5.71. The minimum absolute atomic E-state index is 0.00658. The highest BCUT2D eigenvalue weighted by Gasteiger charge is 2.31. The van der Waals surface area contributed by atoms with Gasteiger partial charge >= 0.3 is 12.1 Å². The summed E-state index contributed by atoms with van der Waals surface area (Å²) in [6.07, 6.45) is -3.05. The molecule has 0 amide bonds. The molecule has 4 aromatic rings. The molecule has 11 heteroatoms. The molecular formula is C26H22F3N3O5. The van der Waals surface area contributed by atoms with Crippen LogP contribution in [0.15, 0.2) is 70.4 Å². The summed E-state index contributed by atoms with van der Waals surface area (Å²) in [6.45, 7) is 0.321. The van der Waals surface area contributed by atoms with Gasteiger partial charge in [0.15, 0.2) is 0 Å². The number of hydrogen-bond donors (Lipinski definition) is 0. The number of pyridine rings is 1. The zero-order valence-corrected chi connectivity index (χ0v) is 19.7. The van der Waals surface area contributed by atoms with Crippen LogP contribution in [0.25, 0.3) is 22.2 Å². The Morgan fingerprint density at radius 2 is 1.81 bits per heavy atom. The highest BCUT2D eigenvalue weighted by Crippen LogP contribution is 2.32. The van der Waals surface area contributed by atoms with Crippen molar-refractivity contribution in [2.24, 2.45) is 7.05 Å². The Balaban J connectivity index is 1.95. The van der Waals surface area contributed by atoms with Crippen molar-refractivity contribution >= 4 is 17.4 Å². The van der Waals surface area contributed by atoms with Gasteiger partial charge in [0.25, 0.3) is 12.0 Å². The minimum atomic E-state index is -4.87. The lowest BCUT2D eigenvalue weighted by Gasteiger charge is -2.17. The molecule has 2 aromatic carbocycles. The zero-order chi connectivity index (χ0) is 26.6. The van der Waals surface area contributed by atoms with E-state index in [1.54, 1.807) is 6.07 Å². The molecule has 0 aliphatic carbocycles. The number of hydrogen-bond acceptors (Lipinski definition) is 6. The number of carbonyl (C=O) groups excluding carboxylic acids is 1. The van der Waals surface area contributed by atoms with Crippen molar-refractivity contribution < 1.29 is 27.4 Å². The predicted molar refractivity (Wildman–Crippen MR) is 129 cm³/mol. The average molecular weight is 513 g/mol. The van der Waals surface area contributed by atoms with E-state index in [0.29, 0.717) is 11.1 Å². The van der Waals surface area contributed by atoms with Crippen molar-refractivity contribution in [1.82, 2.24) is 14.1 Å². The van der Waals surface area contributed by atoms with Gasteiger partial charge in [0.05, 0.1) is 29.4 Å². The molecule has 37 heavy (non-hydrogen) atoms. The first-order chi connectivity index (χ1) is 17.7. The van der Waals surface area contributed by atoms with Gasteiger partial charge in [-0.05, 0) is 29.7 Å². The first kappa shape index (κ1) is 25.7. The van der Waals surface area contributed by atoms with E-state index in [0.717, 1.165) is 10.1 Å². The zero-order valence-electron chi connectivity index (χ0n) is 19.7. The monoisotopic (exact) mass is 513 g/mol. The number of halogens is 3. The summed E-state index contributed by atoms with van der Waals surface area (Å²) in [5.41, 5.74) is 1.04. The predicted octanol–water partition coefficient (Wildman–Crippen LogP) is 3.81. The van der Waals surface area contributed by atoms with Crippen molar-refractivity contribution in [3.63, 3.8) is 0 Å². The number of carbonyl (C=O) groups is 1. The smallest absolute Gasteiger partial charge is 0.468 e. The van der Waals surface area contributed by atoms with Gasteiger partial charge in [0, 0.05) is 25.6 Å².